The summed E-state index contributed by atoms with van der Waals surface area (Å²) in [7, 11) is -7.90. The van der Waals surface area contributed by atoms with Gasteiger partial charge in [-0.1, -0.05) is 12.1 Å². The number of primary sulfonamides is 2. The predicted octanol–water partition coefficient (Wildman–Crippen LogP) is -0.456. The number of aromatic nitrogens is 8. The van der Waals surface area contributed by atoms with Crippen LogP contribution in [0.3, 0.4) is 0 Å². The maximum Gasteiger partial charge on any atom is 0.324 e. The summed E-state index contributed by atoms with van der Waals surface area (Å²) < 4.78 is 72.8. The molecular formula is C41H48N16O14S2. The molecule has 12 N–H and O–H groups in total. The van der Waals surface area contributed by atoms with Crippen LogP contribution < -0.4 is 42.2 Å². The highest BCUT2D eigenvalue weighted by Crippen LogP contribution is 2.44. The second-order valence-electron chi connectivity index (χ2n) is 16.6. The van der Waals surface area contributed by atoms with Crippen LogP contribution in [-0.2, 0) is 48.6 Å². The second kappa shape index (κ2) is 20.6. The van der Waals surface area contributed by atoms with E-state index in [9.17, 15) is 46.2 Å². The molecular weight excluding hydrogens is 1000 g/mol. The van der Waals surface area contributed by atoms with Gasteiger partial charge in [0.15, 0.2) is 64.4 Å². The highest BCUT2D eigenvalue weighted by molar-refractivity contribution is 7.89. The van der Waals surface area contributed by atoms with Crippen LogP contribution in [0.2, 0.25) is 0 Å². The van der Waals surface area contributed by atoms with Gasteiger partial charge >= 0.3 is 12.1 Å². The number of nitrogens with zero attached hydrogens (tertiary/aromatic N) is 8. The number of hydrogen-bond acceptors (Lipinski definition) is 20. The number of amides is 6. The van der Waals surface area contributed by atoms with Crippen LogP contribution >= 0.6 is 0 Å². The van der Waals surface area contributed by atoms with Crippen molar-refractivity contribution in [1.29, 1.82) is 0 Å². The summed E-state index contributed by atoms with van der Waals surface area (Å²) in [5, 5.41) is 46.3. The number of fused-ring (bicyclic) bond motifs is 3. The zero-order valence-electron chi connectivity index (χ0n) is 38.8. The molecule has 9 rings (SSSR count). The van der Waals surface area contributed by atoms with Crippen LogP contribution in [-0.4, -0.2) is 145 Å². The van der Waals surface area contributed by atoms with Crippen molar-refractivity contribution in [2.45, 2.75) is 92.4 Å². The first-order valence-electron chi connectivity index (χ1n) is 21.9. The number of ether oxygens (including phenoxy) is 4. The quantitative estimate of drug-likeness (QED) is 0.0741. The number of aliphatic hydroxyl groups is 2. The third kappa shape index (κ3) is 11.2. The van der Waals surface area contributed by atoms with E-state index in [4.69, 9.17) is 29.2 Å². The van der Waals surface area contributed by atoms with E-state index in [0.717, 1.165) is 6.33 Å². The normalized spacial score (nSPS) is 23.2. The SMILES string of the molecule is CCNC(=O)[C@H]1O[C@@H](n2cnc3c(NC(=O)Nc4cccc(S(N)(=O)=O)c4)ncnc32)[C@@H]2OC(C)(C)O[C@@H]21.CCNC(=O)[C@H]1O[C@@H](n2cnc3c(NC(=O)Nc4cccc(S(N)(=O)=O)c4)ncnc32)[C@H](O)[C@@H]1O. The monoisotopic (exact) mass is 1050 g/mol. The van der Waals surface area contributed by atoms with Crippen LogP contribution in [0.25, 0.3) is 22.3 Å². The molecule has 0 spiro atoms. The minimum absolute atomic E-state index is 0.00200. The van der Waals surface area contributed by atoms with E-state index in [1.165, 1.54) is 72.1 Å². The average molecular weight is 1050 g/mol. The Balaban J connectivity index is 0.000000196. The van der Waals surface area contributed by atoms with Gasteiger partial charge in [-0.15, -0.1) is 0 Å². The van der Waals surface area contributed by atoms with Gasteiger partial charge in [-0.25, -0.2) is 66.6 Å². The molecule has 6 aromatic rings. The standard InChI is InChI=1S/C22H26N8O7S.C19H22N8O7S/c1-4-24-19(31)15-14-16(37-22(2,3)36-14)20(35-15)30-10-27-13-17(25-9-26-18(13)30)29-21(32)28-11-6-5-7-12(8-11)38(23,33)34;1-2-21-17(30)14-12(28)13(29)18(34-14)27-8-24-11-15(22-7-23-16(11)27)26-19(31)25-9-4-3-5-10(6-9)35(20,32)33/h5-10,14-16,20H,4H2,1-3H3,(H,24,31)(H2,23,33,34)(H2,25,26,28,29,32);3-8,12-14,18,28-29H,2H2,1H3,(H,21,30)(H2,20,32,33)(H2,22,23,25,26,31)/t14-,15+,16-,20-;12-,13+,14-,18+/m10/s1. The number of hydrogen-bond donors (Lipinski definition) is 10. The summed E-state index contributed by atoms with van der Waals surface area (Å²) >= 11 is 0. The van der Waals surface area contributed by atoms with Crippen LogP contribution in [0.5, 0.6) is 0 Å². The minimum atomic E-state index is -3.96. The van der Waals surface area contributed by atoms with Crippen molar-refractivity contribution in [3.8, 4) is 0 Å². The first-order chi connectivity index (χ1) is 34.6. The van der Waals surface area contributed by atoms with E-state index < -0.39 is 92.9 Å². The van der Waals surface area contributed by atoms with Gasteiger partial charge in [0.1, 0.15) is 37.1 Å². The summed E-state index contributed by atoms with van der Waals surface area (Å²) in [4.78, 5) is 74.6. The lowest BCUT2D eigenvalue weighted by molar-refractivity contribution is -0.197. The largest absolute Gasteiger partial charge is 0.387 e. The van der Waals surface area contributed by atoms with Crippen LogP contribution in [0.4, 0.5) is 32.6 Å². The van der Waals surface area contributed by atoms with Crippen LogP contribution in [0, 0.1) is 0 Å². The molecule has 3 fully saturated rings. The molecule has 0 unspecified atom stereocenters. The van der Waals surface area contributed by atoms with E-state index >= 15 is 0 Å². The van der Waals surface area contributed by atoms with Gasteiger partial charge in [0.2, 0.25) is 20.0 Å². The number of nitrogens with two attached hydrogens (primary N) is 2. The number of aliphatic hydroxyl groups excluding tert-OH is 2. The first-order valence-corrected chi connectivity index (χ1v) is 25.0. The molecule has 32 heteroatoms. The van der Waals surface area contributed by atoms with E-state index in [0.29, 0.717) is 18.7 Å². The Morgan fingerprint density at radius 3 is 1.56 bits per heavy atom. The van der Waals surface area contributed by atoms with Crippen molar-refractivity contribution in [2.75, 3.05) is 34.4 Å². The minimum Gasteiger partial charge on any atom is -0.387 e. The molecule has 3 aliphatic rings. The molecule has 0 bridgehead atoms. The zero-order chi connectivity index (χ0) is 52.6. The topological polar surface area (TPSA) is 425 Å². The number of rotatable bonds is 12. The van der Waals surface area contributed by atoms with Crippen molar-refractivity contribution >= 4 is 89.3 Å². The molecule has 6 amide bonds. The molecule has 3 aliphatic heterocycles. The van der Waals surface area contributed by atoms with Gasteiger partial charge in [0, 0.05) is 24.5 Å². The van der Waals surface area contributed by atoms with Crippen molar-refractivity contribution in [3.05, 3.63) is 73.8 Å². The maximum absolute atomic E-state index is 12.7. The van der Waals surface area contributed by atoms with Gasteiger partial charge in [0.05, 0.1) is 22.4 Å². The second-order valence-corrected chi connectivity index (χ2v) is 19.7. The smallest absolute Gasteiger partial charge is 0.324 e. The van der Waals surface area contributed by atoms with Crippen molar-refractivity contribution in [2.24, 2.45) is 10.3 Å². The van der Waals surface area contributed by atoms with Gasteiger partial charge in [-0.3, -0.25) is 29.4 Å². The summed E-state index contributed by atoms with van der Waals surface area (Å²) in [6.45, 7) is 7.76. The Kier molecular flexibility index (Phi) is 14.7. The van der Waals surface area contributed by atoms with E-state index in [1.807, 2.05) is 0 Å². The Bertz CT molecular complexity index is 3320. The molecule has 7 heterocycles. The summed E-state index contributed by atoms with van der Waals surface area (Å²) in [5.41, 5.74) is 1.22. The van der Waals surface area contributed by atoms with Crippen molar-refractivity contribution in [3.63, 3.8) is 0 Å². The van der Waals surface area contributed by atoms with Gasteiger partial charge < -0.3 is 50.4 Å². The van der Waals surface area contributed by atoms with Crippen LogP contribution in [0.1, 0.15) is 40.2 Å². The Labute approximate surface area is 413 Å². The third-order valence-electron chi connectivity index (χ3n) is 11.1. The highest BCUT2D eigenvalue weighted by Gasteiger charge is 2.58. The molecule has 388 valence electrons. The molecule has 0 saturated carbocycles. The lowest BCUT2D eigenvalue weighted by atomic mass is 10.1. The maximum atomic E-state index is 12.7. The zero-order valence-corrected chi connectivity index (χ0v) is 40.4. The molecule has 0 aliphatic carbocycles. The fourth-order valence-corrected chi connectivity index (χ4v) is 9.09. The molecule has 73 heavy (non-hydrogen) atoms. The number of carbonyl (C=O) groups is 4. The molecule has 2 aromatic carbocycles. The van der Waals surface area contributed by atoms with Gasteiger partial charge in [-0.2, -0.15) is 0 Å². The van der Waals surface area contributed by atoms with E-state index in [-0.39, 0.29) is 55.4 Å². The Morgan fingerprint density at radius 1 is 0.630 bits per heavy atom. The summed E-state index contributed by atoms with van der Waals surface area (Å²) in [6.07, 6.45) is -3.33. The molecule has 8 atom stereocenters. The number of carbonyl (C=O) groups excluding carboxylic acids is 4. The Morgan fingerprint density at radius 2 is 1.08 bits per heavy atom. The molecule has 4 aromatic heterocycles. The van der Waals surface area contributed by atoms with Gasteiger partial charge in [-0.05, 0) is 64.1 Å². The van der Waals surface area contributed by atoms with Crippen molar-refractivity contribution in [1.82, 2.24) is 49.7 Å². The molecule has 3 saturated heterocycles. The number of urea groups is 2. The first kappa shape index (κ1) is 51.9. The fraction of sp³-hybridized carbons (Fsp3) is 0.366. The number of sulfonamides is 2. The number of nitrogens with one attached hydrogen (secondary N) is 6. The summed E-state index contributed by atoms with van der Waals surface area (Å²) in [5.74, 6) is -1.74. The number of benzene rings is 2. The average Bonchev–Trinajstić information content (AvgIpc) is 4.15. The lowest BCUT2D eigenvalue weighted by Gasteiger charge is -2.24. The van der Waals surface area contributed by atoms with E-state index in [1.54, 1.807) is 32.3 Å². The predicted molar refractivity (Wildman–Crippen MR) is 253 cm³/mol. The fourth-order valence-electron chi connectivity index (χ4n) is 7.97. The highest BCUT2D eigenvalue weighted by atomic mass is 32.2. The third-order valence-corrected chi connectivity index (χ3v) is 12.9. The molecule has 30 nitrogen and oxygen atoms in total. The number of imidazole rings is 2. The number of anilines is 4. The number of likely N-dealkylation sites (N-methyl/N-ethyl adjacent to an activating group) is 2. The van der Waals surface area contributed by atoms with Crippen LogP contribution in [0.15, 0.2) is 83.6 Å². The Hall–Kier alpha value is -7.40. The van der Waals surface area contributed by atoms with E-state index in [2.05, 4.69) is 61.8 Å². The van der Waals surface area contributed by atoms with Crippen molar-refractivity contribution < 1.29 is 65.2 Å². The van der Waals surface area contributed by atoms with Gasteiger partial charge in [0.25, 0.3) is 11.8 Å². The molecule has 0 radical (unpaired) electrons. The lowest BCUT2D eigenvalue weighted by Crippen LogP contribution is -2.42. The summed E-state index contributed by atoms with van der Waals surface area (Å²) in [6, 6.07) is 9.38.